The van der Waals surface area contributed by atoms with Crippen molar-refractivity contribution in [1.82, 2.24) is 4.83 Å². The molecule has 0 amide bonds. The fourth-order valence-electron chi connectivity index (χ4n) is 1.69. The summed E-state index contributed by atoms with van der Waals surface area (Å²) >= 11 is 3.26. The number of ether oxygens (including phenoxy) is 1. The summed E-state index contributed by atoms with van der Waals surface area (Å²) in [4.78, 5) is 2.39. The van der Waals surface area contributed by atoms with Crippen LogP contribution in [0.5, 0.6) is 5.75 Å². The van der Waals surface area contributed by atoms with Crippen LogP contribution in [0.3, 0.4) is 0 Å². The van der Waals surface area contributed by atoms with Gasteiger partial charge >= 0.3 is 0 Å². The highest BCUT2D eigenvalue weighted by atomic mass is 79.9. The van der Waals surface area contributed by atoms with Crippen LogP contribution in [0.1, 0.15) is 12.5 Å². The molecule has 1 N–H and O–H groups in total. The first kappa shape index (κ1) is 16.5. The summed E-state index contributed by atoms with van der Waals surface area (Å²) in [6.45, 7) is 1.73. The van der Waals surface area contributed by atoms with E-state index in [4.69, 9.17) is 4.74 Å². The summed E-state index contributed by atoms with van der Waals surface area (Å²) in [6, 6.07) is 13.5. The van der Waals surface area contributed by atoms with Crippen molar-refractivity contribution in [3.05, 3.63) is 58.6 Å². The zero-order chi connectivity index (χ0) is 16.2. The molecule has 5 nitrogen and oxygen atoms in total. The largest absolute Gasteiger partial charge is 0.497 e. The molecule has 2 rings (SSSR count). The van der Waals surface area contributed by atoms with Gasteiger partial charge in [-0.3, -0.25) is 0 Å². The molecular formula is C15H15BrN2O3S. The second-order valence-corrected chi connectivity index (χ2v) is 7.05. The molecule has 0 radical (unpaired) electrons. The Balaban J connectivity index is 2.16. The fourth-order valence-corrected chi connectivity index (χ4v) is 2.81. The van der Waals surface area contributed by atoms with E-state index in [0.717, 1.165) is 15.8 Å². The van der Waals surface area contributed by atoms with Gasteiger partial charge in [0.1, 0.15) is 5.75 Å². The van der Waals surface area contributed by atoms with Gasteiger partial charge in [0.25, 0.3) is 10.0 Å². The number of hydrazone groups is 1. The molecule has 0 saturated heterocycles. The van der Waals surface area contributed by atoms with Gasteiger partial charge in [0.15, 0.2) is 0 Å². The molecule has 0 spiro atoms. The van der Waals surface area contributed by atoms with Crippen LogP contribution < -0.4 is 9.57 Å². The van der Waals surface area contributed by atoms with Gasteiger partial charge in [0, 0.05) is 4.47 Å². The molecule has 2 aromatic rings. The number of sulfonamides is 1. The lowest BCUT2D eigenvalue weighted by atomic mass is 10.1. The van der Waals surface area contributed by atoms with Crippen LogP contribution in [0.4, 0.5) is 0 Å². The molecule has 0 aliphatic heterocycles. The molecule has 0 aliphatic carbocycles. The molecule has 22 heavy (non-hydrogen) atoms. The molecule has 0 fully saturated rings. The number of benzene rings is 2. The van der Waals surface area contributed by atoms with E-state index >= 15 is 0 Å². The van der Waals surface area contributed by atoms with Crippen LogP contribution in [0.15, 0.2) is 63.0 Å². The Morgan fingerprint density at radius 1 is 1.09 bits per heavy atom. The molecule has 0 saturated carbocycles. The van der Waals surface area contributed by atoms with Crippen LogP contribution in [0, 0.1) is 0 Å². The lowest BCUT2D eigenvalue weighted by Gasteiger charge is -2.06. The maximum absolute atomic E-state index is 12.1. The minimum atomic E-state index is -3.68. The Morgan fingerprint density at radius 2 is 1.68 bits per heavy atom. The molecule has 0 aliphatic rings. The van der Waals surface area contributed by atoms with Gasteiger partial charge in [-0.05, 0) is 61.0 Å². The molecule has 2 aromatic carbocycles. The summed E-state index contributed by atoms with van der Waals surface area (Å²) in [5.74, 6) is 0.729. The van der Waals surface area contributed by atoms with Gasteiger partial charge in [-0.25, -0.2) is 0 Å². The Hall–Kier alpha value is -1.86. The van der Waals surface area contributed by atoms with Crippen LogP contribution in [0.25, 0.3) is 0 Å². The van der Waals surface area contributed by atoms with Crippen molar-refractivity contribution in [3.63, 3.8) is 0 Å². The van der Waals surface area contributed by atoms with Crippen LogP contribution in [0.2, 0.25) is 0 Å². The monoisotopic (exact) mass is 382 g/mol. The molecular weight excluding hydrogens is 368 g/mol. The maximum atomic E-state index is 12.1. The minimum absolute atomic E-state index is 0.155. The Labute approximate surface area is 138 Å². The first-order chi connectivity index (χ1) is 10.4. The number of rotatable bonds is 5. The molecule has 116 valence electrons. The predicted molar refractivity (Wildman–Crippen MR) is 89.7 cm³/mol. The van der Waals surface area contributed by atoms with Gasteiger partial charge in [0.2, 0.25) is 0 Å². The Kier molecular flexibility index (Phi) is 5.20. The third kappa shape index (κ3) is 4.08. The third-order valence-corrected chi connectivity index (χ3v) is 4.72. The lowest BCUT2D eigenvalue weighted by Crippen LogP contribution is -2.19. The van der Waals surface area contributed by atoms with E-state index in [-0.39, 0.29) is 4.90 Å². The van der Waals surface area contributed by atoms with Crippen LogP contribution in [-0.2, 0) is 10.0 Å². The Bertz CT molecular complexity index is 769. The van der Waals surface area contributed by atoms with E-state index in [1.54, 1.807) is 38.3 Å². The molecule has 0 unspecified atom stereocenters. The van der Waals surface area contributed by atoms with Gasteiger partial charge < -0.3 is 4.74 Å². The van der Waals surface area contributed by atoms with Crippen molar-refractivity contribution >= 4 is 31.7 Å². The normalized spacial score (nSPS) is 12.0. The van der Waals surface area contributed by atoms with E-state index in [1.807, 2.05) is 12.1 Å². The van der Waals surface area contributed by atoms with Gasteiger partial charge in [0.05, 0.1) is 17.7 Å². The van der Waals surface area contributed by atoms with Crippen molar-refractivity contribution in [2.24, 2.45) is 5.10 Å². The smallest absolute Gasteiger partial charge is 0.276 e. The minimum Gasteiger partial charge on any atom is -0.497 e. The van der Waals surface area contributed by atoms with Gasteiger partial charge in [-0.2, -0.15) is 18.4 Å². The van der Waals surface area contributed by atoms with E-state index in [0.29, 0.717) is 5.71 Å². The quantitative estimate of drug-likeness (QED) is 0.637. The fraction of sp³-hybridized carbons (Fsp3) is 0.133. The maximum Gasteiger partial charge on any atom is 0.276 e. The van der Waals surface area contributed by atoms with Crippen molar-refractivity contribution in [2.45, 2.75) is 11.8 Å². The van der Waals surface area contributed by atoms with E-state index in [9.17, 15) is 8.42 Å². The molecule has 0 atom stereocenters. The number of hydrogen-bond acceptors (Lipinski definition) is 4. The Morgan fingerprint density at radius 3 is 2.23 bits per heavy atom. The highest BCUT2D eigenvalue weighted by molar-refractivity contribution is 9.10. The van der Waals surface area contributed by atoms with Crippen molar-refractivity contribution in [1.29, 1.82) is 0 Å². The summed E-state index contributed by atoms with van der Waals surface area (Å²) in [5.41, 5.74) is 1.36. The van der Waals surface area contributed by atoms with Crippen LogP contribution in [-0.4, -0.2) is 21.2 Å². The number of nitrogens with one attached hydrogen (secondary N) is 1. The highest BCUT2D eigenvalue weighted by Crippen LogP contribution is 2.15. The van der Waals surface area contributed by atoms with Crippen molar-refractivity contribution in [2.75, 3.05) is 7.11 Å². The summed E-state index contributed by atoms with van der Waals surface area (Å²) in [6.07, 6.45) is 0. The first-order valence-electron chi connectivity index (χ1n) is 6.38. The average molecular weight is 383 g/mol. The zero-order valence-corrected chi connectivity index (χ0v) is 14.5. The third-order valence-electron chi connectivity index (χ3n) is 2.97. The second kappa shape index (κ2) is 6.93. The van der Waals surface area contributed by atoms with E-state index < -0.39 is 10.0 Å². The second-order valence-electron chi connectivity index (χ2n) is 4.47. The van der Waals surface area contributed by atoms with Crippen molar-refractivity contribution in [3.8, 4) is 5.75 Å². The highest BCUT2D eigenvalue weighted by Gasteiger charge is 2.12. The lowest BCUT2D eigenvalue weighted by molar-refractivity contribution is 0.415. The van der Waals surface area contributed by atoms with Gasteiger partial charge in [-0.15, -0.1) is 0 Å². The summed E-state index contributed by atoms with van der Waals surface area (Å²) < 4.78 is 30.1. The number of methoxy groups -OCH3 is 1. The predicted octanol–water partition coefficient (Wildman–Crippen LogP) is 3.16. The zero-order valence-electron chi connectivity index (χ0n) is 12.1. The molecule has 0 heterocycles. The summed E-state index contributed by atoms with van der Waals surface area (Å²) in [7, 11) is -2.09. The molecule has 7 heteroatoms. The SMILES string of the molecule is COc1ccc(/C(C)=N/NS(=O)(=O)c2ccc(Br)cc2)cc1. The average Bonchev–Trinajstić information content (AvgIpc) is 2.53. The number of nitrogens with zero attached hydrogens (tertiary/aromatic N) is 1. The topological polar surface area (TPSA) is 67.8 Å². The molecule has 0 bridgehead atoms. The number of halogens is 1. The van der Waals surface area contributed by atoms with Gasteiger partial charge in [-0.1, -0.05) is 15.9 Å². The van der Waals surface area contributed by atoms with Crippen molar-refractivity contribution < 1.29 is 13.2 Å². The standard InChI is InChI=1S/C15H15BrN2O3S/c1-11(12-3-7-14(21-2)8-4-12)17-18-22(19,20)15-9-5-13(16)6-10-15/h3-10,18H,1-2H3/b17-11+. The molecule has 0 aromatic heterocycles. The first-order valence-corrected chi connectivity index (χ1v) is 8.66. The van der Waals surface area contributed by atoms with E-state index in [2.05, 4.69) is 25.9 Å². The van der Waals surface area contributed by atoms with E-state index in [1.165, 1.54) is 12.1 Å². The number of hydrogen-bond donors (Lipinski definition) is 1. The van der Waals surface area contributed by atoms with Crippen LogP contribution >= 0.6 is 15.9 Å². The summed E-state index contributed by atoms with van der Waals surface area (Å²) in [5, 5.41) is 3.95.